The summed E-state index contributed by atoms with van der Waals surface area (Å²) in [4.78, 5) is 16.4. The van der Waals surface area contributed by atoms with Crippen LogP contribution in [0.2, 0.25) is 0 Å². The zero-order valence-corrected chi connectivity index (χ0v) is 14.0. The van der Waals surface area contributed by atoms with Gasteiger partial charge in [-0.25, -0.2) is 0 Å². The topological polar surface area (TPSA) is 32.3 Å². The Morgan fingerprint density at radius 2 is 1.91 bits per heavy atom. The fraction of sp³-hybridized carbons (Fsp3) is 0.500. The molecule has 0 radical (unpaired) electrons. The molecule has 116 valence electrons. The summed E-state index contributed by atoms with van der Waals surface area (Å²) >= 11 is 1.71. The van der Waals surface area contributed by atoms with Crippen molar-refractivity contribution in [3.8, 4) is 0 Å². The van der Waals surface area contributed by atoms with Crippen molar-refractivity contribution in [2.24, 2.45) is 0 Å². The molecular formula is C18H22N2OS. The molecule has 2 saturated heterocycles. The second-order valence-electron chi connectivity index (χ2n) is 6.72. The average Bonchev–Trinajstić information content (AvgIpc) is 2.90. The Hall–Kier alpha value is -1.39. The van der Waals surface area contributed by atoms with Gasteiger partial charge in [-0.3, -0.25) is 4.79 Å². The normalized spacial score (nSPS) is 28.2. The van der Waals surface area contributed by atoms with Crippen molar-refractivity contribution >= 4 is 27.3 Å². The lowest BCUT2D eigenvalue weighted by molar-refractivity contribution is 0.0884. The van der Waals surface area contributed by atoms with Crippen molar-refractivity contribution in [1.29, 1.82) is 0 Å². The van der Waals surface area contributed by atoms with Crippen molar-refractivity contribution in [2.75, 3.05) is 7.05 Å². The molecule has 0 saturated carbocycles. The molecule has 1 aromatic carbocycles. The van der Waals surface area contributed by atoms with Gasteiger partial charge in [-0.2, -0.15) is 0 Å². The van der Waals surface area contributed by atoms with E-state index in [1.165, 1.54) is 17.5 Å². The van der Waals surface area contributed by atoms with Crippen LogP contribution in [-0.2, 0) is 0 Å². The number of rotatable bonds is 2. The molecule has 1 aromatic heterocycles. The van der Waals surface area contributed by atoms with E-state index in [1.54, 1.807) is 11.3 Å². The largest absolute Gasteiger partial charge is 0.349 e. The number of fused-ring (bicyclic) bond motifs is 3. The van der Waals surface area contributed by atoms with E-state index in [-0.39, 0.29) is 5.91 Å². The molecule has 3 nitrogen and oxygen atoms in total. The number of nitrogens with zero attached hydrogens (tertiary/aromatic N) is 1. The summed E-state index contributed by atoms with van der Waals surface area (Å²) in [7, 11) is 2.23. The van der Waals surface area contributed by atoms with Crippen LogP contribution in [0.5, 0.6) is 0 Å². The molecule has 2 fully saturated rings. The van der Waals surface area contributed by atoms with Gasteiger partial charge in [-0.15, -0.1) is 11.3 Å². The molecular weight excluding hydrogens is 292 g/mol. The van der Waals surface area contributed by atoms with Crippen LogP contribution in [0, 0.1) is 6.92 Å². The molecule has 2 unspecified atom stereocenters. The number of hydrogen-bond acceptors (Lipinski definition) is 3. The van der Waals surface area contributed by atoms with Crippen molar-refractivity contribution < 1.29 is 4.79 Å². The van der Waals surface area contributed by atoms with Crippen molar-refractivity contribution in [3.05, 3.63) is 34.7 Å². The Bertz CT molecular complexity index is 709. The highest BCUT2D eigenvalue weighted by Crippen LogP contribution is 2.35. The van der Waals surface area contributed by atoms with Crippen LogP contribution in [0.4, 0.5) is 0 Å². The van der Waals surface area contributed by atoms with Gasteiger partial charge in [-0.05, 0) is 45.7 Å². The maximum absolute atomic E-state index is 12.8. The van der Waals surface area contributed by atoms with Gasteiger partial charge in [0.25, 0.3) is 5.91 Å². The minimum atomic E-state index is 0.115. The van der Waals surface area contributed by atoms with Crippen molar-refractivity contribution in [2.45, 2.75) is 50.7 Å². The summed E-state index contributed by atoms with van der Waals surface area (Å²) in [6, 6.07) is 9.86. The van der Waals surface area contributed by atoms with Gasteiger partial charge in [0, 0.05) is 33.1 Å². The lowest BCUT2D eigenvalue weighted by atomic mass is 9.97. The predicted molar refractivity (Wildman–Crippen MR) is 91.6 cm³/mol. The van der Waals surface area contributed by atoms with E-state index >= 15 is 0 Å². The highest BCUT2D eigenvalue weighted by molar-refractivity contribution is 7.19. The Morgan fingerprint density at radius 1 is 1.23 bits per heavy atom. The van der Waals surface area contributed by atoms with Crippen LogP contribution in [-0.4, -0.2) is 36.0 Å². The molecule has 4 heteroatoms. The van der Waals surface area contributed by atoms with Gasteiger partial charge >= 0.3 is 0 Å². The minimum Gasteiger partial charge on any atom is -0.349 e. The van der Waals surface area contributed by atoms with Crippen LogP contribution in [0.3, 0.4) is 0 Å². The lowest BCUT2D eigenvalue weighted by Crippen LogP contribution is -2.48. The van der Waals surface area contributed by atoms with E-state index in [2.05, 4.69) is 36.3 Å². The fourth-order valence-electron chi connectivity index (χ4n) is 4.24. The zero-order chi connectivity index (χ0) is 15.3. The summed E-state index contributed by atoms with van der Waals surface area (Å²) in [5, 5.41) is 4.41. The minimum absolute atomic E-state index is 0.115. The van der Waals surface area contributed by atoms with E-state index in [9.17, 15) is 4.79 Å². The number of hydrogen-bond donors (Lipinski definition) is 1. The van der Waals surface area contributed by atoms with Gasteiger partial charge in [0.15, 0.2) is 0 Å². The molecule has 2 aliphatic rings. The number of aryl methyl sites for hydroxylation is 1. The average molecular weight is 314 g/mol. The quantitative estimate of drug-likeness (QED) is 0.919. The lowest BCUT2D eigenvalue weighted by Gasteiger charge is -2.36. The van der Waals surface area contributed by atoms with Gasteiger partial charge in [-0.1, -0.05) is 18.2 Å². The van der Waals surface area contributed by atoms with Crippen LogP contribution in [0.15, 0.2) is 24.3 Å². The summed E-state index contributed by atoms with van der Waals surface area (Å²) in [6.07, 6.45) is 4.77. The monoisotopic (exact) mass is 314 g/mol. The van der Waals surface area contributed by atoms with Crippen LogP contribution in [0.25, 0.3) is 10.1 Å². The van der Waals surface area contributed by atoms with E-state index in [0.717, 1.165) is 28.7 Å². The van der Waals surface area contributed by atoms with Crippen LogP contribution in [0.1, 0.15) is 40.9 Å². The number of thiophene rings is 1. The molecule has 2 aliphatic heterocycles. The molecule has 2 aromatic rings. The first-order valence-electron chi connectivity index (χ1n) is 8.14. The third kappa shape index (κ3) is 2.25. The standard InChI is InChI=1S/C18H22N2OS/c1-11-17(15-5-3-4-6-16(15)22-11)18(21)19-12-9-13-7-8-14(10-12)20(13)2/h3-6,12-14H,7-10H2,1-2H3,(H,19,21). The molecule has 4 rings (SSSR count). The van der Waals surface area contributed by atoms with E-state index in [0.29, 0.717) is 18.1 Å². The maximum Gasteiger partial charge on any atom is 0.253 e. The number of amides is 1. The van der Waals surface area contributed by atoms with Gasteiger partial charge in [0.05, 0.1) is 5.56 Å². The van der Waals surface area contributed by atoms with Gasteiger partial charge in [0.1, 0.15) is 0 Å². The Balaban J connectivity index is 1.56. The fourth-order valence-corrected chi connectivity index (χ4v) is 5.30. The van der Waals surface area contributed by atoms with Crippen molar-refractivity contribution in [3.63, 3.8) is 0 Å². The highest BCUT2D eigenvalue weighted by atomic mass is 32.1. The first-order chi connectivity index (χ1) is 10.6. The predicted octanol–water partition coefficient (Wildman–Crippen LogP) is 3.56. The first-order valence-corrected chi connectivity index (χ1v) is 8.96. The van der Waals surface area contributed by atoms with E-state index in [1.807, 2.05) is 12.1 Å². The molecule has 1 amide bonds. The number of benzene rings is 1. The van der Waals surface area contributed by atoms with E-state index in [4.69, 9.17) is 0 Å². The second kappa shape index (κ2) is 5.36. The summed E-state index contributed by atoms with van der Waals surface area (Å²) in [5.41, 5.74) is 0.881. The number of piperidine rings is 1. The van der Waals surface area contributed by atoms with Crippen molar-refractivity contribution in [1.82, 2.24) is 10.2 Å². The molecule has 22 heavy (non-hydrogen) atoms. The summed E-state index contributed by atoms with van der Waals surface area (Å²) in [6.45, 7) is 2.05. The van der Waals surface area contributed by atoms with Crippen LogP contribution < -0.4 is 5.32 Å². The number of carbonyl (C=O) groups excluding carboxylic acids is 1. The third-order valence-electron chi connectivity index (χ3n) is 5.43. The van der Waals surface area contributed by atoms with Gasteiger partial charge in [0.2, 0.25) is 0 Å². The number of nitrogens with one attached hydrogen (secondary N) is 1. The Morgan fingerprint density at radius 3 is 2.64 bits per heavy atom. The first kappa shape index (κ1) is 14.2. The summed E-state index contributed by atoms with van der Waals surface area (Å²) < 4.78 is 1.20. The van der Waals surface area contributed by atoms with Crippen LogP contribution >= 0.6 is 11.3 Å². The maximum atomic E-state index is 12.8. The third-order valence-corrected chi connectivity index (χ3v) is 6.52. The highest BCUT2D eigenvalue weighted by Gasteiger charge is 2.39. The summed E-state index contributed by atoms with van der Waals surface area (Å²) in [5.74, 6) is 0.115. The SMILES string of the molecule is Cc1sc2ccccc2c1C(=O)NC1CC2CCC(C1)N2C. The zero-order valence-electron chi connectivity index (χ0n) is 13.1. The molecule has 0 spiro atoms. The Labute approximate surface area is 135 Å². The molecule has 1 N–H and O–H groups in total. The smallest absolute Gasteiger partial charge is 0.253 e. The molecule has 3 heterocycles. The van der Waals surface area contributed by atoms with E-state index < -0.39 is 0 Å². The molecule has 2 bridgehead atoms. The molecule has 0 aliphatic carbocycles. The van der Waals surface area contributed by atoms with Gasteiger partial charge < -0.3 is 10.2 Å². The number of carbonyl (C=O) groups is 1. The molecule has 2 atom stereocenters. The second-order valence-corrected chi connectivity index (χ2v) is 7.98. The Kier molecular flexibility index (Phi) is 3.46.